The van der Waals surface area contributed by atoms with Crippen molar-refractivity contribution >= 4 is 0 Å². The quantitative estimate of drug-likeness (QED) is 0.796. The summed E-state index contributed by atoms with van der Waals surface area (Å²) >= 11 is 0. The molecule has 0 aromatic heterocycles. The monoisotopic (exact) mass is 245 g/mol. The van der Waals surface area contributed by atoms with Gasteiger partial charge in [0, 0.05) is 13.2 Å². The summed E-state index contributed by atoms with van der Waals surface area (Å²) in [6.45, 7) is 3.46. The Hall–Kier alpha value is -1.20. The predicted octanol–water partition coefficient (Wildman–Crippen LogP) is 1.97. The number of rotatable bonds is 7. The van der Waals surface area contributed by atoms with Crippen LogP contribution in [0.25, 0.3) is 0 Å². The molecular weight excluding hydrogens is 228 g/mol. The molecule has 1 rings (SSSR count). The summed E-state index contributed by atoms with van der Waals surface area (Å²) < 4.78 is 36.2. The fraction of sp³-hybridized carbons (Fsp3) is 0.500. The molecule has 1 aromatic carbocycles. The summed E-state index contributed by atoms with van der Waals surface area (Å²) in [4.78, 5) is 0. The molecule has 1 N–H and O–H groups in total. The third-order valence-corrected chi connectivity index (χ3v) is 2.19. The van der Waals surface area contributed by atoms with Crippen molar-refractivity contribution in [1.82, 2.24) is 5.32 Å². The second-order valence-electron chi connectivity index (χ2n) is 3.60. The lowest BCUT2D eigenvalue weighted by molar-refractivity contribution is 0.135. The SMILES string of the molecule is CCNC(COC)COc1ccc(F)cc1F. The van der Waals surface area contributed by atoms with Gasteiger partial charge in [-0.1, -0.05) is 6.92 Å². The van der Waals surface area contributed by atoms with Gasteiger partial charge in [-0.2, -0.15) is 0 Å². The lowest BCUT2D eigenvalue weighted by atomic mass is 10.3. The zero-order chi connectivity index (χ0) is 12.7. The lowest BCUT2D eigenvalue weighted by Crippen LogP contribution is -2.38. The van der Waals surface area contributed by atoms with E-state index >= 15 is 0 Å². The molecule has 0 saturated heterocycles. The van der Waals surface area contributed by atoms with Gasteiger partial charge in [0.25, 0.3) is 0 Å². The van der Waals surface area contributed by atoms with Gasteiger partial charge in [-0.3, -0.25) is 0 Å². The van der Waals surface area contributed by atoms with Crippen LogP contribution >= 0.6 is 0 Å². The third-order valence-electron chi connectivity index (χ3n) is 2.19. The van der Waals surface area contributed by atoms with Gasteiger partial charge in [0.2, 0.25) is 0 Å². The Morgan fingerprint density at radius 3 is 2.65 bits per heavy atom. The largest absolute Gasteiger partial charge is 0.489 e. The van der Waals surface area contributed by atoms with Crippen molar-refractivity contribution in [2.45, 2.75) is 13.0 Å². The molecule has 0 radical (unpaired) electrons. The fourth-order valence-electron chi connectivity index (χ4n) is 1.44. The van der Waals surface area contributed by atoms with Crippen LogP contribution in [0.5, 0.6) is 5.75 Å². The summed E-state index contributed by atoms with van der Waals surface area (Å²) in [5, 5.41) is 3.14. The minimum atomic E-state index is -0.697. The maximum Gasteiger partial charge on any atom is 0.167 e. The van der Waals surface area contributed by atoms with Crippen LogP contribution in [0.15, 0.2) is 18.2 Å². The molecule has 3 nitrogen and oxygen atoms in total. The van der Waals surface area contributed by atoms with Crippen molar-refractivity contribution in [3.05, 3.63) is 29.8 Å². The molecule has 0 aliphatic carbocycles. The first kappa shape index (κ1) is 13.9. The first-order chi connectivity index (χ1) is 8.17. The molecule has 5 heteroatoms. The van der Waals surface area contributed by atoms with Gasteiger partial charge < -0.3 is 14.8 Å². The van der Waals surface area contributed by atoms with Gasteiger partial charge in [-0.05, 0) is 18.7 Å². The van der Waals surface area contributed by atoms with Crippen LogP contribution in [-0.2, 0) is 4.74 Å². The second kappa shape index (κ2) is 7.19. The molecule has 0 fully saturated rings. The highest BCUT2D eigenvalue weighted by atomic mass is 19.1. The number of hydrogen-bond donors (Lipinski definition) is 1. The Bertz CT molecular complexity index is 341. The molecule has 0 aliphatic rings. The van der Waals surface area contributed by atoms with Crippen LogP contribution in [0.2, 0.25) is 0 Å². The molecule has 1 unspecified atom stereocenters. The van der Waals surface area contributed by atoms with E-state index in [1.807, 2.05) is 6.92 Å². The standard InChI is InChI=1S/C12H17F2NO2/c1-3-15-10(7-16-2)8-17-12-5-4-9(13)6-11(12)14/h4-6,10,15H,3,7-8H2,1-2H3. The molecular formula is C12H17F2NO2. The highest BCUT2D eigenvalue weighted by Crippen LogP contribution is 2.17. The van der Waals surface area contributed by atoms with Crippen molar-refractivity contribution in [1.29, 1.82) is 0 Å². The van der Waals surface area contributed by atoms with Gasteiger partial charge in [-0.15, -0.1) is 0 Å². The number of benzene rings is 1. The third kappa shape index (κ3) is 4.66. The fourth-order valence-corrected chi connectivity index (χ4v) is 1.44. The van der Waals surface area contributed by atoms with E-state index in [4.69, 9.17) is 9.47 Å². The molecule has 1 atom stereocenters. The molecule has 0 bridgehead atoms. The molecule has 0 aliphatic heterocycles. The second-order valence-corrected chi connectivity index (χ2v) is 3.60. The Kier molecular flexibility index (Phi) is 5.86. The van der Waals surface area contributed by atoms with Crippen LogP contribution in [-0.4, -0.2) is 32.9 Å². The Morgan fingerprint density at radius 1 is 1.29 bits per heavy atom. The number of nitrogens with one attached hydrogen (secondary N) is 1. The van der Waals surface area contributed by atoms with Crippen LogP contribution in [0.4, 0.5) is 8.78 Å². The normalized spacial score (nSPS) is 12.5. The molecule has 96 valence electrons. The summed E-state index contributed by atoms with van der Waals surface area (Å²) in [6, 6.07) is 3.22. The van der Waals surface area contributed by atoms with Gasteiger partial charge in [0.1, 0.15) is 12.4 Å². The summed E-state index contributed by atoms with van der Waals surface area (Å²) in [7, 11) is 1.59. The lowest BCUT2D eigenvalue weighted by Gasteiger charge is -2.17. The Labute approximate surface area is 99.7 Å². The van der Waals surface area contributed by atoms with E-state index in [9.17, 15) is 8.78 Å². The summed E-state index contributed by atoms with van der Waals surface area (Å²) in [6.07, 6.45) is 0. The van der Waals surface area contributed by atoms with Crippen molar-refractivity contribution in [3.63, 3.8) is 0 Å². The van der Waals surface area contributed by atoms with Crippen LogP contribution in [0.3, 0.4) is 0 Å². The number of hydrogen-bond acceptors (Lipinski definition) is 3. The highest BCUT2D eigenvalue weighted by molar-refractivity contribution is 5.24. The maximum absolute atomic E-state index is 13.3. The first-order valence-electron chi connectivity index (χ1n) is 5.47. The smallest absolute Gasteiger partial charge is 0.167 e. The van der Waals surface area contributed by atoms with Crippen LogP contribution in [0, 0.1) is 11.6 Å². The first-order valence-corrected chi connectivity index (χ1v) is 5.47. The van der Waals surface area contributed by atoms with Gasteiger partial charge in [0.05, 0.1) is 12.6 Å². The average molecular weight is 245 g/mol. The topological polar surface area (TPSA) is 30.5 Å². The number of ether oxygens (including phenoxy) is 2. The van der Waals surface area contributed by atoms with E-state index < -0.39 is 11.6 Å². The van der Waals surface area contributed by atoms with E-state index in [1.54, 1.807) is 7.11 Å². The minimum Gasteiger partial charge on any atom is -0.489 e. The van der Waals surface area contributed by atoms with Crippen molar-refractivity contribution in [3.8, 4) is 5.75 Å². The zero-order valence-electron chi connectivity index (χ0n) is 10.0. The summed E-state index contributed by atoms with van der Waals surface area (Å²) in [5.41, 5.74) is 0. The van der Waals surface area contributed by atoms with E-state index in [1.165, 1.54) is 6.07 Å². The van der Waals surface area contributed by atoms with Crippen molar-refractivity contribution in [2.75, 3.05) is 26.9 Å². The highest BCUT2D eigenvalue weighted by Gasteiger charge is 2.10. The average Bonchev–Trinajstić information content (AvgIpc) is 2.28. The number of likely N-dealkylation sites (N-methyl/N-ethyl adjacent to an activating group) is 1. The number of halogens is 2. The van der Waals surface area contributed by atoms with Crippen molar-refractivity contribution in [2.24, 2.45) is 0 Å². The molecule has 0 saturated carbocycles. The maximum atomic E-state index is 13.3. The van der Waals surface area contributed by atoms with Crippen LogP contribution in [0.1, 0.15) is 6.92 Å². The molecule has 0 amide bonds. The van der Waals surface area contributed by atoms with E-state index in [-0.39, 0.29) is 18.4 Å². The molecule has 0 heterocycles. The number of methoxy groups -OCH3 is 1. The Balaban J connectivity index is 2.52. The van der Waals surface area contributed by atoms with Gasteiger partial charge in [0.15, 0.2) is 11.6 Å². The zero-order valence-corrected chi connectivity index (χ0v) is 10.0. The van der Waals surface area contributed by atoms with E-state index in [0.29, 0.717) is 6.61 Å². The van der Waals surface area contributed by atoms with E-state index in [2.05, 4.69) is 5.32 Å². The molecule has 0 spiro atoms. The van der Waals surface area contributed by atoms with E-state index in [0.717, 1.165) is 18.7 Å². The Morgan fingerprint density at radius 2 is 2.06 bits per heavy atom. The molecule has 17 heavy (non-hydrogen) atoms. The van der Waals surface area contributed by atoms with Gasteiger partial charge in [-0.25, -0.2) is 8.78 Å². The van der Waals surface area contributed by atoms with Gasteiger partial charge >= 0.3 is 0 Å². The summed E-state index contributed by atoms with van der Waals surface area (Å²) in [5.74, 6) is -1.27. The van der Waals surface area contributed by atoms with Crippen molar-refractivity contribution < 1.29 is 18.3 Å². The predicted molar refractivity (Wildman–Crippen MR) is 61.2 cm³/mol. The minimum absolute atomic E-state index is 0.0190. The van der Waals surface area contributed by atoms with Crippen LogP contribution < -0.4 is 10.1 Å². The molecule has 1 aromatic rings.